The summed E-state index contributed by atoms with van der Waals surface area (Å²) < 4.78 is 27.0. The van der Waals surface area contributed by atoms with Crippen LogP contribution in [0.3, 0.4) is 0 Å². The van der Waals surface area contributed by atoms with Crippen LogP contribution in [-0.2, 0) is 15.8 Å². The summed E-state index contributed by atoms with van der Waals surface area (Å²) in [6.07, 6.45) is 0. The van der Waals surface area contributed by atoms with Crippen molar-refractivity contribution in [1.82, 2.24) is 4.72 Å². The van der Waals surface area contributed by atoms with E-state index in [0.717, 1.165) is 11.5 Å². The summed E-state index contributed by atoms with van der Waals surface area (Å²) in [4.78, 5) is 0.213. The Bertz CT molecular complexity index is 558. The minimum absolute atomic E-state index is 0.0954. The van der Waals surface area contributed by atoms with E-state index in [4.69, 9.17) is 18.0 Å². The van der Waals surface area contributed by atoms with Gasteiger partial charge in [-0.25, -0.2) is 13.1 Å². The summed E-state index contributed by atoms with van der Waals surface area (Å²) in [5.41, 5.74) is 6.86. The van der Waals surface area contributed by atoms with Crippen molar-refractivity contribution in [2.75, 3.05) is 11.5 Å². The number of benzene rings is 1. The van der Waals surface area contributed by atoms with E-state index in [1.54, 1.807) is 36.0 Å². The lowest BCUT2D eigenvalue weighted by Crippen LogP contribution is -2.35. The molecule has 1 aromatic rings. The lowest BCUT2D eigenvalue weighted by Gasteiger charge is -2.14. The van der Waals surface area contributed by atoms with Gasteiger partial charge in [0.25, 0.3) is 0 Å². The molecule has 0 aliphatic rings. The van der Waals surface area contributed by atoms with Crippen LogP contribution in [0.2, 0.25) is 0 Å². The number of thioether (sulfide) groups is 1. The Morgan fingerprint density at radius 3 is 2.70 bits per heavy atom. The van der Waals surface area contributed by atoms with Crippen LogP contribution in [0.5, 0.6) is 0 Å². The van der Waals surface area contributed by atoms with Crippen molar-refractivity contribution in [3.63, 3.8) is 0 Å². The normalized spacial score (nSPS) is 13.1. The molecule has 0 spiro atoms. The largest absolute Gasteiger partial charge is 0.389 e. The Morgan fingerprint density at radius 2 is 2.10 bits per heavy atom. The van der Waals surface area contributed by atoms with Crippen molar-refractivity contribution >= 4 is 39.0 Å². The average Bonchev–Trinajstić information content (AvgIpc) is 2.35. The SMILES string of the molecule is CCSCC(C)NS(=O)(=O)Cc1ccccc1C(N)=S. The number of hydrogen-bond acceptors (Lipinski definition) is 4. The third kappa shape index (κ3) is 5.78. The Balaban J connectivity index is 2.79. The predicted molar refractivity (Wildman–Crippen MR) is 90.5 cm³/mol. The first-order valence-corrected chi connectivity index (χ1v) is 9.52. The first-order chi connectivity index (χ1) is 9.35. The van der Waals surface area contributed by atoms with Gasteiger partial charge in [0.2, 0.25) is 10.0 Å². The van der Waals surface area contributed by atoms with E-state index < -0.39 is 10.0 Å². The van der Waals surface area contributed by atoms with E-state index in [2.05, 4.69) is 4.72 Å². The Kier molecular flexibility index (Phi) is 6.94. The van der Waals surface area contributed by atoms with Crippen molar-refractivity contribution in [2.45, 2.75) is 25.6 Å². The highest BCUT2D eigenvalue weighted by Crippen LogP contribution is 2.13. The van der Waals surface area contributed by atoms with Crippen LogP contribution in [-0.4, -0.2) is 31.0 Å². The molecule has 0 fully saturated rings. The second-order valence-corrected chi connectivity index (χ2v) is 7.97. The summed E-state index contributed by atoms with van der Waals surface area (Å²) in [6, 6.07) is 6.95. The van der Waals surface area contributed by atoms with E-state index in [0.29, 0.717) is 11.1 Å². The molecule has 0 amide bonds. The number of thiocarbonyl (C=S) groups is 1. The molecule has 7 heteroatoms. The molecule has 4 nitrogen and oxygen atoms in total. The number of sulfonamides is 1. The number of hydrogen-bond donors (Lipinski definition) is 2. The van der Waals surface area contributed by atoms with Gasteiger partial charge in [-0.1, -0.05) is 43.4 Å². The smallest absolute Gasteiger partial charge is 0.216 e. The fraction of sp³-hybridized carbons (Fsp3) is 0.462. The van der Waals surface area contributed by atoms with Crippen molar-refractivity contribution in [1.29, 1.82) is 0 Å². The van der Waals surface area contributed by atoms with Gasteiger partial charge in [-0.15, -0.1) is 0 Å². The van der Waals surface area contributed by atoms with E-state index in [1.807, 2.05) is 13.8 Å². The molecule has 0 saturated carbocycles. The Morgan fingerprint density at radius 1 is 1.45 bits per heavy atom. The first kappa shape index (κ1) is 17.4. The molecule has 1 rings (SSSR count). The topological polar surface area (TPSA) is 72.2 Å². The highest BCUT2D eigenvalue weighted by Gasteiger charge is 2.17. The molecule has 1 aromatic carbocycles. The summed E-state index contributed by atoms with van der Waals surface area (Å²) in [5, 5.41) is 0. The van der Waals surface area contributed by atoms with Gasteiger partial charge in [-0.2, -0.15) is 11.8 Å². The molecule has 0 radical (unpaired) electrons. The zero-order valence-electron chi connectivity index (χ0n) is 11.6. The van der Waals surface area contributed by atoms with Crippen LogP contribution in [0.4, 0.5) is 0 Å². The fourth-order valence-corrected chi connectivity index (χ4v) is 4.19. The molecule has 0 aliphatic heterocycles. The zero-order chi connectivity index (χ0) is 15.2. The molecule has 20 heavy (non-hydrogen) atoms. The molecule has 3 N–H and O–H groups in total. The highest BCUT2D eigenvalue weighted by atomic mass is 32.2. The predicted octanol–water partition coefficient (Wildman–Crippen LogP) is 1.88. The van der Waals surface area contributed by atoms with Crippen molar-refractivity contribution in [3.8, 4) is 0 Å². The van der Waals surface area contributed by atoms with Gasteiger partial charge < -0.3 is 5.73 Å². The second kappa shape index (κ2) is 7.97. The number of nitrogens with one attached hydrogen (secondary N) is 1. The number of nitrogens with two attached hydrogens (primary N) is 1. The van der Waals surface area contributed by atoms with Gasteiger partial charge in [-0.3, -0.25) is 0 Å². The third-order valence-electron chi connectivity index (χ3n) is 2.58. The van der Waals surface area contributed by atoms with E-state index in [1.165, 1.54) is 0 Å². The fourth-order valence-electron chi connectivity index (χ4n) is 1.77. The van der Waals surface area contributed by atoms with Gasteiger partial charge in [0, 0.05) is 17.4 Å². The maximum absolute atomic E-state index is 12.1. The van der Waals surface area contributed by atoms with E-state index >= 15 is 0 Å². The average molecular weight is 333 g/mol. The summed E-state index contributed by atoms with van der Waals surface area (Å²) in [7, 11) is -3.40. The first-order valence-electron chi connectivity index (χ1n) is 6.31. The van der Waals surface area contributed by atoms with Crippen LogP contribution < -0.4 is 10.5 Å². The van der Waals surface area contributed by atoms with Gasteiger partial charge in [0.1, 0.15) is 4.99 Å². The standard InChI is InChI=1S/C13H20N2O2S3/c1-3-19-8-10(2)15-20(16,17)9-11-6-4-5-7-12(11)13(14)18/h4-7,10,15H,3,8-9H2,1-2H3,(H2,14,18). The van der Waals surface area contributed by atoms with Crippen molar-refractivity contribution in [3.05, 3.63) is 35.4 Å². The quantitative estimate of drug-likeness (QED) is 0.711. The maximum atomic E-state index is 12.1. The molecule has 112 valence electrons. The second-order valence-electron chi connectivity index (χ2n) is 4.46. The molecule has 1 unspecified atom stereocenters. The van der Waals surface area contributed by atoms with Crippen molar-refractivity contribution in [2.24, 2.45) is 5.73 Å². The monoisotopic (exact) mass is 332 g/mol. The van der Waals surface area contributed by atoms with E-state index in [9.17, 15) is 8.42 Å². The van der Waals surface area contributed by atoms with Crippen molar-refractivity contribution < 1.29 is 8.42 Å². The lowest BCUT2D eigenvalue weighted by molar-refractivity contribution is 0.570. The van der Waals surface area contributed by atoms with Gasteiger partial charge >= 0.3 is 0 Å². The van der Waals surface area contributed by atoms with Gasteiger partial charge in [0.15, 0.2) is 0 Å². The summed E-state index contributed by atoms with van der Waals surface area (Å²) >= 11 is 6.65. The van der Waals surface area contributed by atoms with Crippen LogP contribution in [0.1, 0.15) is 25.0 Å². The molecular weight excluding hydrogens is 312 g/mol. The molecule has 0 bridgehead atoms. The van der Waals surface area contributed by atoms with Crippen LogP contribution in [0.25, 0.3) is 0 Å². The maximum Gasteiger partial charge on any atom is 0.216 e. The summed E-state index contributed by atoms with van der Waals surface area (Å²) in [6.45, 7) is 3.91. The molecule has 1 atom stereocenters. The minimum Gasteiger partial charge on any atom is -0.389 e. The number of rotatable bonds is 8. The molecular formula is C13H20N2O2S3. The van der Waals surface area contributed by atoms with Crippen LogP contribution in [0.15, 0.2) is 24.3 Å². The highest BCUT2D eigenvalue weighted by molar-refractivity contribution is 7.99. The third-order valence-corrected chi connectivity index (χ3v) is 5.40. The Hall–Kier alpha value is -0.630. The lowest BCUT2D eigenvalue weighted by atomic mass is 10.1. The minimum atomic E-state index is -3.40. The van der Waals surface area contributed by atoms with Gasteiger partial charge in [-0.05, 0) is 18.2 Å². The summed E-state index contributed by atoms with van der Waals surface area (Å²) in [5.74, 6) is 1.62. The van der Waals surface area contributed by atoms with Crippen LogP contribution in [0, 0.1) is 0 Å². The molecule has 0 saturated heterocycles. The molecule has 0 heterocycles. The van der Waals surface area contributed by atoms with Crippen LogP contribution >= 0.6 is 24.0 Å². The Labute approximate surface area is 130 Å². The van der Waals surface area contributed by atoms with Gasteiger partial charge in [0.05, 0.1) is 5.75 Å². The van der Waals surface area contributed by atoms with E-state index in [-0.39, 0.29) is 16.8 Å². The zero-order valence-corrected chi connectivity index (χ0v) is 14.1. The molecule has 0 aromatic heterocycles. The molecule has 0 aliphatic carbocycles.